The third kappa shape index (κ3) is 3.17. The highest BCUT2D eigenvalue weighted by Crippen LogP contribution is 2.14. The standard InChI is InChI=1S/C15H19N3O2/c1-3-11(2)18-9-8-14(17-18)16-10-12-6-4-5-7-13(12)15(19)20/h4-9,11H,3,10H2,1-2H3,(H,16,17)(H,19,20). The lowest BCUT2D eigenvalue weighted by Gasteiger charge is -2.09. The lowest BCUT2D eigenvalue weighted by Crippen LogP contribution is -2.08. The predicted octanol–water partition coefficient (Wildman–Crippen LogP) is 3.16. The van der Waals surface area contributed by atoms with Gasteiger partial charge in [-0.25, -0.2) is 4.79 Å². The van der Waals surface area contributed by atoms with Crippen molar-refractivity contribution < 1.29 is 9.90 Å². The van der Waals surface area contributed by atoms with Crippen molar-refractivity contribution in [3.63, 3.8) is 0 Å². The molecule has 0 radical (unpaired) electrons. The Morgan fingerprint density at radius 2 is 2.15 bits per heavy atom. The van der Waals surface area contributed by atoms with Gasteiger partial charge in [0.25, 0.3) is 0 Å². The maximum absolute atomic E-state index is 11.1. The fourth-order valence-corrected chi connectivity index (χ4v) is 1.93. The van der Waals surface area contributed by atoms with Gasteiger partial charge in [0, 0.05) is 24.8 Å². The van der Waals surface area contributed by atoms with E-state index in [1.165, 1.54) is 0 Å². The Kier molecular flexibility index (Phi) is 4.40. The van der Waals surface area contributed by atoms with Crippen LogP contribution in [0.3, 0.4) is 0 Å². The summed E-state index contributed by atoms with van der Waals surface area (Å²) in [7, 11) is 0. The normalized spacial score (nSPS) is 12.1. The number of hydrogen-bond acceptors (Lipinski definition) is 3. The van der Waals surface area contributed by atoms with Crippen LogP contribution in [0.5, 0.6) is 0 Å². The summed E-state index contributed by atoms with van der Waals surface area (Å²) in [6, 6.07) is 9.23. The van der Waals surface area contributed by atoms with Crippen LogP contribution in [0.4, 0.5) is 5.82 Å². The molecule has 5 nitrogen and oxygen atoms in total. The van der Waals surface area contributed by atoms with Crippen molar-refractivity contribution in [1.29, 1.82) is 0 Å². The van der Waals surface area contributed by atoms with Gasteiger partial charge in [-0.2, -0.15) is 5.10 Å². The average Bonchev–Trinajstić information content (AvgIpc) is 2.93. The van der Waals surface area contributed by atoms with Crippen LogP contribution in [0.2, 0.25) is 0 Å². The lowest BCUT2D eigenvalue weighted by atomic mass is 10.1. The molecule has 0 saturated heterocycles. The highest BCUT2D eigenvalue weighted by molar-refractivity contribution is 5.89. The van der Waals surface area contributed by atoms with Crippen LogP contribution >= 0.6 is 0 Å². The molecular formula is C15H19N3O2. The van der Waals surface area contributed by atoms with Crippen LogP contribution in [0.25, 0.3) is 0 Å². The van der Waals surface area contributed by atoms with Crippen LogP contribution in [-0.2, 0) is 6.54 Å². The van der Waals surface area contributed by atoms with E-state index < -0.39 is 5.97 Å². The van der Waals surface area contributed by atoms with E-state index in [-0.39, 0.29) is 0 Å². The highest BCUT2D eigenvalue weighted by Gasteiger charge is 2.09. The number of carboxylic acid groups (broad SMARTS) is 1. The van der Waals surface area contributed by atoms with Gasteiger partial charge in [-0.15, -0.1) is 0 Å². The molecule has 0 bridgehead atoms. The minimum atomic E-state index is -0.910. The van der Waals surface area contributed by atoms with Crippen molar-refractivity contribution in [1.82, 2.24) is 9.78 Å². The van der Waals surface area contributed by atoms with Gasteiger partial charge in [0.2, 0.25) is 0 Å². The molecule has 1 atom stereocenters. The largest absolute Gasteiger partial charge is 0.478 e. The zero-order chi connectivity index (χ0) is 14.5. The Labute approximate surface area is 118 Å². The van der Waals surface area contributed by atoms with E-state index in [1.807, 2.05) is 29.1 Å². The summed E-state index contributed by atoms with van der Waals surface area (Å²) >= 11 is 0. The Hall–Kier alpha value is -2.30. The van der Waals surface area contributed by atoms with Crippen molar-refractivity contribution in [3.05, 3.63) is 47.7 Å². The Morgan fingerprint density at radius 3 is 2.85 bits per heavy atom. The number of nitrogens with one attached hydrogen (secondary N) is 1. The fourth-order valence-electron chi connectivity index (χ4n) is 1.93. The molecule has 1 unspecified atom stereocenters. The highest BCUT2D eigenvalue weighted by atomic mass is 16.4. The summed E-state index contributed by atoms with van der Waals surface area (Å²) < 4.78 is 1.91. The number of aromatic carboxylic acids is 1. The van der Waals surface area contributed by atoms with E-state index >= 15 is 0 Å². The summed E-state index contributed by atoms with van der Waals surface area (Å²) in [5, 5.41) is 16.7. The topological polar surface area (TPSA) is 67.2 Å². The number of anilines is 1. The van der Waals surface area contributed by atoms with E-state index in [2.05, 4.69) is 24.3 Å². The molecule has 5 heteroatoms. The second kappa shape index (κ2) is 6.23. The molecule has 0 spiro atoms. The SMILES string of the molecule is CCC(C)n1ccc(NCc2ccccc2C(=O)O)n1. The van der Waals surface area contributed by atoms with Crippen molar-refractivity contribution in [2.24, 2.45) is 0 Å². The molecule has 0 aliphatic heterocycles. The minimum Gasteiger partial charge on any atom is -0.478 e. The van der Waals surface area contributed by atoms with Crippen molar-refractivity contribution in [3.8, 4) is 0 Å². The third-order valence-corrected chi connectivity index (χ3v) is 3.36. The average molecular weight is 273 g/mol. The molecule has 0 amide bonds. The van der Waals surface area contributed by atoms with Crippen LogP contribution < -0.4 is 5.32 Å². The van der Waals surface area contributed by atoms with Crippen molar-refractivity contribution in [2.75, 3.05) is 5.32 Å². The molecule has 0 fully saturated rings. The van der Waals surface area contributed by atoms with Gasteiger partial charge in [-0.1, -0.05) is 25.1 Å². The number of carboxylic acids is 1. The monoisotopic (exact) mass is 273 g/mol. The summed E-state index contributed by atoms with van der Waals surface area (Å²) in [6.45, 7) is 4.67. The Bertz CT molecular complexity index is 592. The van der Waals surface area contributed by atoms with Crippen LogP contribution in [-0.4, -0.2) is 20.9 Å². The van der Waals surface area contributed by atoms with E-state index in [9.17, 15) is 4.79 Å². The number of carbonyl (C=O) groups is 1. The van der Waals surface area contributed by atoms with Crippen molar-refractivity contribution in [2.45, 2.75) is 32.9 Å². The molecule has 0 aliphatic rings. The molecule has 0 saturated carbocycles. The predicted molar refractivity (Wildman–Crippen MR) is 78.0 cm³/mol. The van der Waals surface area contributed by atoms with E-state index in [0.29, 0.717) is 18.2 Å². The molecule has 0 aliphatic carbocycles. The summed E-state index contributed by atoms with van der Waals surface area (Å²) in [4.78, 5) is 11.1. The van der Waals surface area contributed by atoms with E-state index in [1.54, 1.807) is 12.1 Å². The second-order valence-corrected chi connectivity index (χ2v) is 4.75. The van der Waals surface area contributed by atoms with Gasteiger partial charge in [0.1, 0.15) is 5.82 Å². The first kappa shape index (κ1) is 14.1. The van der Waals surface area contributed by atoms with E-state index in [0.717, 1.165) is 17.8 Å². The lowest BCUT2D eigenvalue weighted by molar-refractivity contribution is 0.0696. The quantitative estimate of drug-likeness (QED) is 0.848. The van der Waals surface area contributed by atoms with Gasteiger partial charge >= 0.3 is 5.97 Å². The Morgan fingerprint density at radius 1 is 1.40 bits per heavy atom. The first-order valence-corrected chi connectivity index (χ1v) is 6.72. The van der Waals surface area contributed by atoms with Gasteiger partial charge in [0.15, 0.2) is 0 Å². The molecular weight excluding hydrogens is 254 g/mol. The van der Waals surface area contributed by atoms with E-state index in [4.69, 9.17) is 5.11 Å². The maximum Gasteiger partial charge on any atom is 0.336 e. The molecule has 2 aromatic rings. The molecule has 1 aromatic carbocycles. The first-order valence-electron chi connectivity index (χ1n) is 6.72. The van der Waals surface area contributed by atoms with Crippen LogP contribution in [0.15, 0.2) is 36.5 Å². The molecule has 20 heavy (non-hydrogen) atoms. The summed E-state index contributed by atoms with van der Waals surface area (Å²) in [5.74, 6) is -0.155. The summed E-state index contributed by atoms with van der Waals surface area (Å²) in [5.41, 5.74) is 1.07. The molecule has 1 heterocycles. The fraction of sp³-hybridized carbons (Fsp3) is 0.333. The van der Waals surface area contributed by atoms with Crippen LogP contribution in [0.1, 0.15) is 42.2 Å². The zero-order valence-electron chi connectivity index (χ0n) is 11.7. The number of rotatable bonds is 6. The van der Waals surface area contributed by atoms with Crippen molar-refractivity contribution >= 4 is 11.8 Å². The van der Waals surface area contributed by atoms with Gasteiger partial charge in [-0.3, -0.25) is 4.68 Å². The molecule has 1 aromatic heterocycles. The number of nitrogens with zero attached hydrogens (tertiary/aromatic N) is 2. The number of aromatic nitrogens is 2. The third-order valence-electron chi connectivity index (χ3n) is 3.36. The number of benzene rings is 1. The maximum atomic E-state index is 11.1. The van der Waals surface area contributed by atoms with Crippen LogP contribution in [0, 0.1) is 0 Å². The molecule has 2 N–H and O–H groups in total. The molecule has 2 rings (SSSR count). The van der Waals surface area contributed by atoms with Gasteiger partial charge in [-0.05, 0) is 25.0 Å². The molecule has 106 valence electrons. The van der Waals surface area contributed by atoms with Gasteiger partial charge in [0.05, 0.1) is 5.56 Å². The smallest absolute Gasteiger partial charge is 0.336 e. The summed E-state index contributed by atoms with van der Waals surface area (Å²) in [6.07, 6.45) is 2.95. The minimum absolute atomic E-state index is 0.321. The first-order chi connectivity index (χ1) is 9.61. The zero-order valence-corrected chi connectivity index (χ0v) is 11.7. The van der Waals surface area contributed by atoms with Gasteiger partial charge < -0.3 is 10.4 Å². The number of hydrogen-bond donors (Lipinski definition) is 2. The second-order valence-electron chi connectivity index (χ2n) is 4.75. The Balaban J connectivity index is 2.06.